The van der Waals surface area contributed by atoms with Crippen molar-refractivity contribution >= 4 is 0 Å². The van der Waals surface area contributed by atoms with Crippen LogP contribution in [0.3, 0.4) is 0 Å². The zero-order valence-electron chi connectivity index (χ0n) is 11.5. The summed E-state index contributed by atoms with van der Waals surface area (Å²) in [4.78, 5) is 0. The molecule has 0 spiro atoms. The fourth-order valence-corrected chi connectivity index (χ4v) is 2.94. The van der Waals surface area contributed by atoms with Gasteiger partial charge in [0.1, 0.15) is 5.75 Å². The third kappa shape index (κ3) is 3.48. The summed E-state index contributed by atoms with van der Waals surface area (Å²) in [6.07, 6.45) is 6.77. The van der Waals surface area contributed by atoms with Crippen LogP contribution in [0, 0.1) is 0 Å². The van der Waals surface area contributed by atoms with E-state index >= 15 is 0 Å². The first kappa shape index (κ1) is 12.9. The molecule has 1 N–H and O–H groups in total. The number of ether oxygens (including phenoxy) is 2. The van der Waals surface area contributed by atoms with Gasteiger partial charge in [-0.15, -0.1) is 0 Å². The Kier molecular flexibility index (Phi) is 4.36. The van der Waals surface area contributed by atoms with E-state index in [9.17, 15) is 0 Å². The van der Waals surface area contributed by atoms with Crippen molar-refractivity contribution in [3.63, 3.8) is 0 Å². The van der Waals surface area contributed by atoms with Gasteiger partial charge in [-0.2, -0.15) is 0 Å². The molecule has 0 bridgehead atoms. The summed E-state index contributed by atoms with van der Waals surface area (Å²) in [7, 11) is 0. The van der Waals surface area contributed by atoms with Gasteiger partial charge in [-0.05, 0) is 30.0 Å². The van der Waals surface area contributed by atoms with Gasteiger partial charge in [0.2, 0.25) is 0 Å². The predicted molar refractivity (Wildman–Crippen MR) is 75.6 cm³/mol. The Labute approximate surface area is 115 Å². The van der Waals surface area contributed by atoms with Crippen molar-refractivity contribution in [3.05, 3.63) is 29.3 Å². The number of nitrogens with one attached hydrogen (secondary N) is 1. The smallest absolute Gasteiger partial charge is 0.122 e. The number of rotatable bonds is 6. The molecule has 3 nitrogen and oxygen atoms in total. The van der Waals surface area contributed by atoms with Gasteiger partial charge in [0, 0.05) is 19.5 Å². The Morgan fingerprint density at radius 2 is 2.16 bits per heavy atom. The van der Waals surface area contributed by atoms with Crippen molar-refractivity contribution in [2.45, 2.75) is 44.8 Å². The maximum Gasteiger partial charge on any atom is 0.122 e. The maximum absolute atomic E-state index is 5.83. The zero-order chi connectivity index (χ0) is 12.9. The van der Waals surface area contributed by atoms with Gasteiger partial charge >= 0.3 is 0 Å². The maximum atomic E-state index is 5.83. The second-order valence-electron chi connectivity index (χ2n) is 5.49. The first-order valence-corrected chi connectivity index (χ1v) is 7.49. The topological polar surface area (TPSA) is 30.5 Å². The summed E-state index contributed by atoms with van der Waals surface area (Å²) < 4.78 is 11.3. The van der Waals surface area contributed by atoms with Crippen LogP contribution in [-0.4, -0.2) is 25.9 Å². The van der Waals surface area contributed by atoms with Crippen LogP contribution in [0.4, 0.5) is 0 Å². The molecule has 1 saturated carbocycles. The summed E-state index contributed by atoms with van der Waals surface area (Å²) in [6.45, 7) is 3.52. The van der Waals surface area contributed by atoms with Gasteiger partial charge in [-0.25, -0.2) is 0 Å². The predicted octanol–water partition coefficient (Wildman–Crippen LogP) is 2.67. The van der Waals surface area contributed by atoms with Crippen LogP contribution < -0.4 is 10.1 Å². The Hall–Kier alpha value is -1.06. The SMILES string of the molecule is c1cc2c(cc1CNCCOC1CCCC1)CCO2. The number of hydrogen-bond donors (Lipinski definition) is 1. The first-order chi connectivity index (χ1) is 9.42. The molecule has 19 heavy (non-hydrogen) atoms. The van der Waals surface area contributed by atoms with Gasteiger partial charge in [0.15, 0.2) is 0 Å². The van der Waals surface area contributed by atoms with Crippen LogP contribution in [-0.2, 0) is 17.7 Å². The molecule has 3 heteroatoms. The lowest BCUT2D eigenvalue weighted by atomic mass is 10.1. The van der Waals surface area contributed by atoms with Crippen molar-refractivity contribution in [1.82, 2.24) is 5.32 Å². The van der Waals surface area contributed by atoms with Crippen molar-refractivity contribution in [1.29, 1.82) is 0 Å². The lowest BCUT2D eigenvalue weighted by Gasteiger charge is -2.11. The molecular formula is C16H23NO2. The number of hydrogen-bond acceptors (Lipinski definition) is 3. The van der Waals surface area contributed by atoms with Crippen LogP contribution in [0.2, 0.25) is 0 Å². The molecule has 0 saturated heterocycles. The molecule has 0 amide bonds. The minimum absolute atomic E-state index is 0.527. The van der Waals surface area contributed by atoms with Crippen LogP contribution in [0.1, 0.15) is 36.8 Å². The number of benzene rings is 1. The molecule has 3 rings (SSSR count). The minimum Gasteiger partial charge on any atom is -0.493 e. The third-order valence-corrected chi connectivity index (χ3v) is 4.02. The summed E-state index contributed by atoms with van der Waals surface area (Å²) in [5.74, 6) is 1.06. The van der Waals surface area contributed by atoms with E-state index in [0.29, 0.717) is 6.10 Å². The van der Waals surface area contributed by atoms with Crippen LogP contribution in [0.15, 0.2) is 18.2 Å². The van der Waals surface area contributed by atoms with E-state index in [4.69, 9.17) is 9.47 Å². The van der Waals surface area contributed by atoms with E-state index in [1.807, 2.05) is 0 Å². The monoisotopic (exact) mass is 261 g/mol. The highest BCUT2D eigenvalue weighted by atomic mass is 16.5. The summed E-state index contributed by atoms with van der Waals surface area (Å²) >= 11 is 0. The second kappa shape index (κ2) is 6.40. The largest absolute Gasteiger partial charge is 0.493 e. The summed E-state index contributed by atoms with van der Waals surface area (Å²) in [5.41, 5.74) is 2.69. The fourth-order valence-electron chi connectivity index (χ4n) is 2.94. The average Bonchev–Trinajstić information content (AvgIpc) is 3.08. The third-order valence-electron chi connectivity index (χ3n) is 4.02. The molecule has 1 aromatic carbocycles. The molecule has 1 heterocycles. The van der Waals surface area contributed by atoms with E-state index in [1.54, 1.807) is 0 Å². The van der Waals surface area contributed by atoms with E-state index in [0.717, 1.165) is 38.5 Å². The van der Waals surface area contributed by atoms with E-state index in [-0.39, 0.29) is 0 Å². The molecule has 0 radical (unpaired) electrons. The first-order valence-electron chi connectivity index (χ1n) is 7.49. The van der Waals surface area contributed by atoms with Gasteiger partial charge < -0.3 is 14.8 Å². The summed E-state index contributed by atoms with van der Waals surface area (Å²) in [6, 6.07) is 6.50. The molecule has 1 aromatic rings. The van der Waals surface area contributed by atoms with Gasteiger partial charge in [0.25, 0.3) is 0 Å². The van der Waals surface area contributed by atoms with Crippen molar-refractivity contribution in [3.8, 4) is 5.75 Å². The normalized spacial score (nSPS) is 18.5. The Balaban J connectivity index is 1.35. The van der Waals surface area contributed by atoms with Gasteiger partial charge in [-0.3, -0.25) is 0 Å². The fraction of sp³-hybridized carbons (Fsp3) is 0.625. The van der Waals surface area contributed by atoms with E-state index in [2.05, 4.69) is 23.5 Å². The zero-order valence-corrected chi connectivity index (χ0v) is 11.5. The highest BCUT2D eigenvalue weighted by Gasteiger charge is 2.14. The highest BCUT2D eigenvalue weighted by Crippen LogP contribution is 2.25. The standard InChI is InChI=1S/C16H23NO2/c1-2-4-15(3-1)18-10-8-17-12-13-5-6-16-14(11-13)7-9-19-16/h5-6,11,15,17H,1-4,7-10,12H2. The second-order valence-corrected chi connectivity index (χ2v) is 5.49. The summed E-state index contributed by atoms with van der Waals surface area (Å²) in [5, 5.41) is 3.45. The number of fused-ring (bicyclic) bond motifs is 1. The van der Waals surface area contributed by atoms with Crippen LogP contribution in [0.25, 0.3) is 0 Å². The molecule has 2 aliphatic rings. The molecule has 1 aliphatic heterocycles. The molecule has 1 aliphatic carbocycles. The van der Waals surface area contributed by atoms with E-state index in [1.165, 1.54) is 36.8 Å². The van der Waals surface area contributed by atoms with Crippen LogP contribution >= 0.6 is 0 Å². The van der Waals surface area contributed by atoms with Gasteiger partial charge in [-0.1, -0.05) is 25.0 Å². The molecular weight excluding hydrogens is 238 g/mol. The Bertz CT molecular complexity index is 413. The van der Waals surface area contributed by atoms with Crippen molar-refractivity contribution < 1.29 is 9.47 Å². The van der Waals surface area contributed by atoms with Crippen molar-refractivity contribution in [2.24, 2.45) is 0 Å². The molecule has 1 fully saturated rings. The minimum atomic E-state index is 0.527. The molecule has 104 valence electrons. The molecule has 0 atom stereocenters. The highest BCUT2D eigenvalue weighted by molar-refractivity contribution is 5.39. The van der Waals surface area contributed by atoms with Gasteiger partial charge in [0.05, 0.1) is 19.3 Å². The quantitative estimate of drug-likeness (QED) is 0.799. The Morgan fingerprint density at radius 3 is 3.05 bits per heavy atom. The molecule has 0 unspecified atom stereocenters. The van der Waals surface area contributed by atoms with E-state index < -0.39 is 0 Å². The molecule has 0 aromatic heterocycles. The lowest BCUT2D eigenvalue weighted by molar-refractivity contribution is 0.0603. The van der Waals surface area contributed by atoms with Crippen LogP contribution in [0.5, 0.6) is 5.75 Å². The van der Waals surface area contributed by atoms with Crippen molar-refractivity contribution in [2.75, 3.05) is 19.8 Å². The lowest BCUT2D eigenvalue weighted by Crippen LogP contribution is -2.21. The Morgan fingerprint density at radius 1 is 1.26 bits per heavy atom. The average molecular weight is 261 g/mol.